The van der Waals surface area contributed by atoms with Gasteiger partial charge in [0.05, 0.1) is 4.58 Å². The molecule has 2 rings (SSSR count). The Hall–Kier alpha value is -0.210. The van der Waals surface area contributed by atoms with E-state index in [1.165, 1.54) is 10.7 Å². The zero-order chi connectivity index (χ0) is 15.3. The lowest BCUT2D eigenvalue weighted by atomic mass is 10.2. The number of thioether (sulfide) groups is 2. The first-order valence-corrected chi connectivity index (χ1v) is 10.5. The van der Waals surface area contributed by atoms with Crippen molar-refractivity contribution in [3.05, 3.63) is 35.9 Å². The van der Waals surface area contributed by atoms with Crippen LogP contribution >= 0.6 is 23.5 Å². The number of hydrogen-bond donors (Lipinski definition) is 1. The summed E-state index contributed by atoms with van der Waals surface area (Å²) in [5, 5.41) is 0. The predicted molar refractivity (Wildman–Crippen MR) is 90.9 cm³/mol. The molecule has 0 radical (unpaired) electrons. The van der Waals surface area contributed by atoms with Gasteiger partial charge in [-0.15, -0.1) is 23.5 Å². The molecule has 0 aromatic heterocycles. The van der Waals surface area contributed by atoms with Crippen molar-refractivity contribution in [2.75, 3.05) is 11.5 Å². The molecule has 1 fully saturated rings. The molecule has 0 bridgehead atoms. The van der Waals surface area contributed by atoms with E-state index in [1.807, 2.05) is 60.8 Å². The van der Waals surface area contributed by atoms with Gasteiger partial charge in [0.25, 0.3) is 0 Å². The van der Waals surface area contributed by atoms with Crippen molar-refractivity contribution in [2.24, 2.45) is 0 Å². The van der Waals surface area contributed by atoms with E-state index in [0.717, 1.165) is 23.5 Å². The van der Waals surface area contributed by atoms with E-state index in [2.05, 4.69) is 0 Å². The smallest absolute Gasteiger partial charge is 0.273 e. The molecule has 0 spiro atoms. The second kappa shape index (κ2) is 7.87. The Morgan fingerprint density at radius 1 is 1.29 bits per heavy atom. The highest BCUT2D eigenvalue weighted by Crippen LogP contribution is 2.34. The Labute approximate surface area is 135 Å². The number of nitrogens with zero attached hydrogens (tertiary/aromatic N) is 1. The number of benzene rings is 1. The maximum Gasteiger partial charge on any atom is 0.336 e. The Bertz CT molecular complexity index is 530. The van der Waals surface area contributed by atoms with Crippen LogP contribution in [0.25, 0.3) is 0 Å². The highest BCUT2D eigenvalue weighted by atomic mass is 32.2. The minimum Gasteiger partial charge on any atom is -0.273 e. The quantitative estimate of drug-likeness (QED) is 0.801. The zero-order valence-electron chi connectivity index (χ0n) is 12.0. The Morgan fingerprint density at radius 2 is 1.90 bits per heavy atom. The van der Waals surface area contributed by atoms with Crippen LogP contribution in [0.5, 0.6) is 0 Å². The van der Waals surface area contributed by atoms with Gasteiger partial charge in [-0.2, -0.15) is 12.7 Å². The van der Waals surface area contributed by atoms with E-state index >= 15 is 0 Å². The summed E-state index contributed by atoms with van der Waals surface area (Å²) in [6, 6.07) is 9.15. The molecule has 1 aromatic carbocycles. The van der Waals surface area contributed by atoms with Gasteiger partial charge in [0.15, 0.2) is 0 Å². The maximum atomic E-state index is 11.7. The first-order chi connectivity index (χ1) is 9.97. The second-order valence-corrected chi connectivity index (χ2v) is 9.40. The van der Waals surface area contributed by atoms with Crippen LogP contribution in [0, 0.1) is 0 Å². The van der Waals surface area contributed by atoms with E-state index in [9.17, 15) is 13.0 Å². The Kier molecular flexibility index (Phi) is 6.43. The molecule has 118 valence electrons. The topological polar surface area (TPSA) is 57.6 Å². The van der Waals surface area contributed by atoms with Crippen molar-refractivity contribution in [2.45, 2.75) is 36.9 Å². The minimum atomic E-state index is -4.20. The average molecular weight is 348 g/mol. The lowest BCUT2D eigenvalue weighted by molar-refractivity contribution is 0.285. The predicted octanol–water partition coefficient (Wildman–Crippen LogP) is 3.27. The van der Waals surface area contributed by atoms with Gasteiger partial charge in [-0.1, -0.05) is 30.3 Å². The van der Waals surface area contributed by atoms with E-state index < -0.39 is 10.3 Å². The first kappa shape index (κ1) is 17.1. The highest BCUT2D eigenvalue weighted by molar-refractivity contribution is 8.17. The first-order valence-electron chi connectivity index (χ1n) is 6.98. The van der Waals surface area contributed by atoms with Crippen molar-refractivity contribution in [3.8, 4) is 0 Å². The monoisotopic (exact) mass is 347 g/mol. The normalized spacial score (nSPS) is 18.8. The zero-order valence-corrected chi connectivity index (χ0v) is 14.5. The van der Waals surface area contributed by atoms with Crippen molar-refractivity contribution in [1.82, 2.24) is 4.31 Å². The van der Waals surface area contributed by atoms with Gasteiger partial charge < -0.3 is 0 Å². The molecule has 7 heteroatoms. The van der Waals surface area contributed by atoms with Crippen LogP contribution in [-0.2, 0) is 16.8 Å². The van der Waals surface area contributed by atoms with Gasteiger partial charge in [-0.05, 0) is 36.8 Å². The molecule has 1 aromatic rings. The standard InChI is InChI=1S/C14H21NO3S3/c1-12(10-14-19-8-5-9-20-14)15(21(16,17)18)11-13-6-3-2-4-7-13/h2-4,6-7,12,14H,5,8-11H2,1H3,(H,16,17,18)/t12-/m0/s1. The SMILES string of the molecule is C[C@@H](CC1SCCCS1)N(Cc1ccccc1)S(=O)(=O)O. The largest absolute Gasteiger partial charge is 0.336 e. The summed E-state index contributed by atoms with van der Waals surface area (Å²) >= 11 is 3.77. The van der Waals surface area contributed by atoms with Gasteiger partial charge in [0, 0.05) is 12.6 Å². The molecule has 4 nitrogen and oxygen atoms in total. The van der Waals surface area contributed by atoms with Crippen LogP contribution in [0.15, 0.2) is 30.3 Å². The van der Waals surface area contributed by atoms with Gasteiger partial charge in [-0.3, -0.25) is 4.55 Å². The third kappa shape index (κ3) is 5.49. The summed E-state index contributed by atoms with van der Waals surface area (Å²) in [5.74, 6) is 2.27. The molecule has 1 saturated heterocycles. The van der Waals surface area contributed by atoms with E-state index in [1.54, 1.807) is 0 Å². The molecule has 21 heavy (non-hydrogen) atoms. The van der Waals surface area contributed by atoms with Crippen LogP contribution in [0.1, 0.15) is 25.3 Å². The molecule has 1 aliphatic heterocycles. The lowest BCUT2D eigenvalue weighted by Crippen LogP contribution is -2.39. The molecule has 1 heterocycles. The molecule has 0 aliphatic carbocycles. The van der Waals surface area contributed by atoms with Gasteiger partial charge in [0.2, 0.25) is 0 Å². The molecular formula is C14H21NO3S3. The molecule has 1 atom stereocenters. The summed E-state index contributed by atoms with van der Waals surface area (Å²) in [5.41, 5.74) is 0.880. The summed E-state index contributed by atoms with van der Waals surface area (Å²) in [7, 11) is -4.20. The Balaban J connectivity index is 2.05. The Morgan fingerprint density at radius 3 is 2.48 bits per heavy atom. The minimum absolute atomic E-state index is 0.211. The summed E-state index contributed by atoms with van der Waals surface area (Å²) < 4.78 is 34.5. The maximum absolute atomic E-state index is 11.7. The third-order valence-corrected chi connectivity index (χ3v) is 7.47. The van der Waals surface area contributed by atoms with Crippen molar-refractivity contribution in [3.63, 3.8) is 0 Å². The van der Waals surface area contributed by atoms with Crippen molar-refractivity contribution < 1.29 is 13.0 Å². The van der Waals surface area contributed by atoms with Crippen LogP contribution in [0.4, 0.5) is 0 Å². The lowest BCUT2D eigenvalue weighted by Gasteiger charge is -2.30. The van der Waals surface area contributed by atoms with Crippen molar-refractivity contribution >= 4 is 33.8 Å². The van der Waals surface area contributed by atoms with Crippen LogP contribution < -0.4 is 0 Å². The number of rotatable bonds is 6. The molecule has 1 N–H and O–H groups in total. The molecule has 0 amide bonds. The fourth-order valence-corrected chi connectivity index (χ4v) is 6.27. The molecule has 0 unspecified atom stereocenters. The van der Waals surface area contributed by atoms with Gasteiger partial charge in [-0.25, -0.2) is 0 Å². The van der Waals surface area contributed by atoms with Gasteiger partial charge >= 0.3 is 10.3 Å². The molecular weight excluding hydrogens is 326 g/mol. The molecule has 1 aliphatic rings. The number of hydrogen-bond acceptors (Lipinski definition) is 4. The highest BCUT2D eigenvalue weighted by Gasteiger charge is 2.28. The van der Waals surface area contributed by atoms with Crippen molar-refractivity contribution in [1.29, 1.82) is 0 Å². The van der Waals surface area contributed by atoms with E-state index in [0.29, 0.717) is 4.58 Å². The third-order valence-electron chi connectivity index (χ3n) is 3.40. The van der Waals surface area contributed by atoms with Crippen LogP contribution in [0.2, 0.25) is 0 Å². The van der Waals surface area contributed by atoms with E-state index in [-0.39, 0.29) is 12.6 Å². The fourth-order valence-electron chi connectivity index (χ4n) is 2.30. The van der Waals surface area contributed by atoms with Crippen LogP contribution in [-0.4, -0.2) is 39.4 Å². The second-order valence-electron chi connectivity index (χ2n) is 5.12. The average Bonchev–Trinajstić information content (AvgIpc) is 2.45. The van der Waals surface area contributed by atoms with E-state index in [4.69, 9.17) is 0 Å². The molecule has 0 saturated carbocycles. The van der Waals surface area contributed by atoms with Gasteiger partial charge in [0.1, 0.15) is 0 Å². The summed E-state index contributed by atoms with van der Waals surface area (Å²) in [6.07, 6.45) is 1.97. The summed E-state index contributed by atoms with van der Waals surface area (Å²) in [4.78, 5) is 0. The fraction of sp³-hybridized carbons (Fsp3) is 0.571. The summed E-state index contributed by atoms with van der Waals surface area (Å²) in [6.45, 7) is 2.08. The van der Waals surface area contributed by atoms with Crippen LogP contribution in [0.3, 0.4) is 0 Å².